The van der Waals surface area contributed by atoms with Crippen molar-refractivity contribution in [3.05, 3.63) is 35.9 Å². The van der Waals surface area contributed by atoms with Crippen LogP contribution in [0.25, 0.3) is 11.0 Å². The van der Waals surface area contributed by atoms with Gasteiger partial charge in [0.1, 0.15) is 11.0 Å². The molecule has 7 heteroatoms. The molecule has 0 saturated heterocycles. The van der Waals surface area contributed by atoms with Crippen LogP contribution in [-0.2, 0) is 9.53 Å². The zero-order valence-corrected chi connectivity index (χ0v) is 13.3. The molecule has 0 fully saturated rings. The van der Waals surface area contributed by atoms with Crippen molar-refractivity contribution in [2.45, 2.75) is 26.7 Å². The number of benzene rings is 1. The average molecular weight is 316 g/mol. The Kier molecular flexibility index (Phi) is 5.46. The number of ether oxygens (including phenoxy) is 1. The van der Waals surface area contributed by atoms with Gasteiger partial charge in [-0.25, -0.2) is 4.79 Å². The van der Waals surface area contributed by atoms with Crippen LogP contribution in [0.5, 0.6) is 0 Å². The summed E-state index contributed by atoms with van der Waals surface area (Å²) < 4.78 is 5.25. The van der Waals surface area contributed by atoms with Gasteiger partial charge >= 0.3 is 5.97 Å². The molecule has 1 aromatic carbocycles. The molecular weight excluding hydrogens is 296 g/mol. The molecule has 0 radical (unpaired) electrons. The van der Waals surface area contributed by atoms with Crippen LogP contribution in [0, 0.1) is 0 Å². The number of carbonyl (C=O) groups excluding carboxylic acids is 2. The van der Waals surface area contributed by atoms with Gasteiger partial charge < -0.3 is 9.64 Å². The Morgan fingerprint density at radius 1 is 1.30 bits per heavy atom. The number of nitrogens with one attached hydrogen (secondary N) is 1. The van der Waals surface area contributed by atoms with Crippen molar-refractivity contribution in [1.82, 2.24) is 20.3 Å². The highest BCUT2D eigenvalue weighted by Gasteiger charge is 2.17. The average Bonchev–Trinajstić information content (AvgIpc) is 3.01. The van der Waals surface area contributed by atoms with Crippen molar-refractivity contribution < 1.29 is 14.3 Å². The first kappa shape index (κ1) is 16.7. The number of aromatic nitrogens is 3. The lowest BCUT2D eigenvalue weighted by Gasteiger charge is -2.22. The zero-order valence-electron chi connectivity index (χ0n) is 13.3. The first-order valence-corrected chi connectivity index (χ1v) is 7.45. The highest BCUT2D eigenvalue weighted by molar-refractivity contribution is 5.94. The van der Waals surface area contributed by atoms with E-state index in [2.05, 4.69) is 22.0 Å². The summed E-state index contributed by atoms with van der Waals surface area (Å²) in [6.07, 6.45) is 1.78. The van der Waals surface area contributed by atoms with Gasteiger partial charge in [-0.1, -0.05) is 19.9 Å². The van der Waals surface area contributed by atoms with E-state index in [4.69, 9.17) is 4.74 Å². The number of nitrogens with zero attached hydrogens (tertiary/aromatic N) is 3. The minimum Gasteiger partial charge on any atom is -0.441 e. The molecule has 122 valence electrons. The Morgan fingerprint density at radius 2 is 2.04 bits per heavy atom. The minimum absolute atomic E-state index is 0.0959. The van der Waals surface area contributed by atoms with Crippen molar-refractivity contribution in [1.29, 1.82) is 0 Å². The largest absolute Gasteiger partial charge is 0.441 e. The van der Waals surface area contributed by atoms with Crippen LogP contribution < -0.4 is 0 Å². The van der Waals surface area contributed by atoms with Crippen molar-refractivity contribution in [2.24, 2.45) is 0 Å². The molecule has 0 bridgehead atoms. The summed E-state index contributed by atoms with van der Waals surface area (Å²) in [5.74, 6) is -0.718. The van der Waals surface area contributed by atoms with Gasteiger partial charge in [-0.2, -0.15) is 15.4 Å². The van der Waals surface area contributed by atoms with Crippen LogP contribution in [0.1, 0.15) is 37.0 Å². The van der Waals surface area contributed by atoms with Crippen LogP contribution in [0.4, 0.5) is 0 Å². The molecule has 23 heavy (non-hydrogen) atoms. The lowest BCUT2D eigenvalue weighted by molar-refractivity contribution is -0.130. The molecule has 0 aliphatic carbocycles. The lowest BCUT2D eigenvalue weighted by Crippen LogP contribution is -2.35. The summed E-state index contributed by atoms with van der Waals surface area (Å²) >= 11 is 0. The Bertz CT molecular complexity index is 723. The van der Waals surface area contributed by atoms with Crippen molar-refractivity contribution in [3.63, 3.8) is 0 Å². The topological polar surface area (TPSA) is 88.2 Å². The molecule has 0 unspecified atom stereocenters. The molecule has 0 aliphatic rings. The predicted molar refractivity (Wildman–Crippen MR) is 85.6 cm³/mol. The number of H-pyrrole nitrogens is 1. The number of esters is 1. The highest BCUT2D eigenvalue weighted by atomic mass is 16.5. The smallest absolute Gasteiger partial charge is 0.339 e. The second-order valence-electron chi connectivity index (χ2n) is 5.29. The number of unbranched alkanes of at least 4 members (excludes halogenated alkanes) is 1. The van der Waals surface area contributed by atoms with Gasteiger partial charge in [0.15, 0.2) is 6.73 Å². The first-order chi connectivity index (χ1) is 11.0. The van der Waals surface area contributed by atoms with Gasteiger partial charge in [0, 0.05) is 12.1 Å². The fourth-order valence-electron chi connectivity index (χ4n) is 2.03. The van der Waals surface area contributed by atoms with E-state index in [0.29, 0.717) is 28.7 Å². The van der Waals surface area contributed by atoms with E-state index in [1.165, 1.54) is 4.90 Å². The maximum absolute atomic E-state index is 12.1. The van der Waals surface area contributed by atoms with Crippen LogP contribution in [0.2, 0.25) is 0 Å². The van der Waals surface area contributed by atoms with E-state index in [0.717, 1.165) is 12.8 Å². The quantitative estimate of drug-likeness (QED) is 0.481. The Hall–Kier alpha value is -2.70. The highest BCUT2D eigenvalue weighted by Crippen LogP contribution is 2.12. The summed E-state index contributed by atoms with van der Waals surface area (Å²) in [6.45, 7) is 7.75. The molecule has 0 atom stereocenters. The predicted octanol–water partition coefficient (Wildman–Crippen LogP) is 2.28. The van der Waals surface area contributed by atoms with E-state index < -0.39 is 5.97 Å². The number of fused-ring (bicyclic) bond motifs is 1. The molecular formula is C16H20N4O3. The van der Waals surface area contributed by atoms with E-state index in [9.17, 15) is 9.59 Å². The minimum atomic E-state index is -0.508. The van der Waals surface area contributed by atoms with Crippen LogP contribution in [0.3, 0.4) is 0 Å². The normalized spacial score (nSPS) is 10.5. The molecule has 2 aromatic rings. The molecule has 1 aromatic heterocycles. The van der Waals surface area contributed by atoms with Gasteiger partial charge in [-0.05, 0) is 31.5 Å². The molecule has 1 amide bonds. The van der Waals surface area contributed by atoms with E-state index >= 15 is 0 Å². The summed E-state index contributed by atoms with van der Waals surface area (Å²) in [7, 11) is 0. The molecule has 0 spiro atoms. The molecule has 1 heterocycles. The molecule has 0 saturated carbocycles. The number of hydrogen-bond acceptors (Lipinski definition) is 5. The maximum Gasteiger partial charge on any atom is 0.339 e. The summed E-state index contributed by atoms with van der Waals surface area (Å²) in [5.41, 5.74) is 2.04. The number of aromatic amines is 1. The van der Waals surface area contributed by atoms with Gasteiger partial charge in [0.05, 0.1) is 5.56 Å². The van der Waals surface area contributed by atoms with Crippen LogP contribution >= 0.6 is 0 Å². The standard InChI is InChI=1S/C16H20N4O3/c1-4-5-8-20(15(21)11(2)3)10-23-16(22)12-6-7-13-14(9-12)18-19-17-13/h6-7,9H,2,4-5,8,10H2,1,3H3,(H,17,18,19). The van der Waals surface area contributed by atoms with Crippen molar-refractivity contribution in [3.8, 4) is 0 Å². The third-order valence-electron chi connectivity index (χ3n) is 3.34. The Labute approximate surface area is 134 Å². The molecule has 1 N–H and O–H groups in total. The van der Waals surface area contributed by atoms with E-state index in [1.807, 2.05) is 6.92 Å². The maximum atomic E-state index is 12.1. The zero-order chi connectivity index (χ0) is 16.8. The SMILES string of the molecule is C=C(C)C(=O)N(CCCC)COC(=O)c1ccc2n[nH]nc2c1. The molecule has 2 rings (SSSR count). The van der Waals surface area contributed by atoms with Gasteiger partial charge in [-0.15, -0.1) is 0 Å². The van der Waals surface area contributed by atoms with Crippen LogP contribution in [-0.4, -0.2) is 45.5 Å². The van der Waals surface area contributed by atoms with E-state index in [-0.39, 0.29) is 12.6 Å². The number of carbonyl (C=O) groups is 2. The summed E-state index contributed by atoms with van der Waals surface area (Å²) in [4.78, 5) is 25.7. The van der Waals surface area contributed by atoms with Gasteiger partial charge in [0.2, 0.25) is 0 Å². The molecule has 7 nitrogen and oxygen atoms in total. The summed E-state index contributed by atoms with van der Waals surface area (Å²) in [5, 5.41) is 10.3. The second kappa shape index (κ2) is 7.53. The third-order valence-corrected chi connectivity index (χ3v) is 3.34. The van der Waals surface area contributed by atoms with Crippen molar-refractivity contribution in [2.75, 3.05) is 13.3 Å². The lowest BCUT2D eigenvalue weighted by atomic mass is 10.2. The monoisotopic (exact) mass is 316 g/mol. The van der Waals surface area contributed by atoms with Gasteiger partial charge in [0.25, 0.3) is 5.91 Å². The number of hydrogen-bond donors (Lipinski definition) is 1. The van der Waals surface area contributed by atoms with Crippen LogP contribution in [0.15, 0.2) is 30.4 Å². The van der Waals surface area contributed by atoms with Gasteiger partial charge in [-0.3, -0.25) is 4.79 Å². The van der Waals surface area contributed by atoms with E-state index in [1.54, 1.807) is 25.1 Å². The Balaban J connectivity index is 2.02. The Morgan fingerprint density at radius 3 is 2.74 bits per heavy atom. The third kappa shape index (κ3) is 4.15. The first-order valence-electron chi connectivity index (χ1n) is 7.45. The fourth-order valence-corrected chi connectivity index (χ4v) is 2.03. The molecule has 0 aliphatic heterocycles. The number of amides is 1. The van der Waals surface area contributed by atoms with Crippen molar-refractivity contribution >= 4 is 22.9 Å². The number of rotatable bonds is 7. The second-order valence-corrected chi connectivity index (χ2v) is 5.29. The fraction of sp³-hybridized carbons (Fsp3) is 0.375. The summed E-state index contributed by atoms with van der Waals surface area (Å²) in [6, 6.07) is 4.89.